The fraction of sp³-hybridized carbons (Fsp3) is 0.368. The van der Waals surface area contributed by atoms with Crippen molar-refractivity contribution in [1.29, 1.82) is 0 Å². The lowest BCUT2D eigenvalue weighted by Crippen LogP contribution is -2.46. The molecule has 0 radical (unpaired) electrons. The first-order valence-electron chi connectivity index (χ1n) is 8.13. The molecule has 0 aliphatic carbocycles. The van der Waals surface area contributed by atoms with Crippen LogP contribution < -0.4 is 14.4 Å². The van der Waals surface area contributed by atoms with Crippen LogP contribution in [0.4, 0.5) is 10.1 Å². The normalized spacial score (nSPS) is 15.4. The number of piperazine rings is 1. The van der Waals surface area contributed by atoms with E-state index in [1.54, 1.807) is 14.2 Å². The summed E-state index contributed by atoms with van der Waals surface area (Å²) in [5.74, 6) is 1.54. The molecule has 0 spiro atoms. The molecular formula is C19H23FN2O2. The Balaban J connectivity index is 1.62. The van der Waals surface area contributed by atoms with Crippen LogP contribution in [0.25, 0.3) is 0 Å². The zero-order valence-corrected chi connectivity index (χ0v) is 14.2. The Morgan fingerprint density at radius 1 is 0.917 bits per heavy atom. The van der Waals surface area contributed by atoms with Crippen LogP contribution in [0.2, 0.25) is 0 Å². The lowest BCUT2D eigenvalue weighted by Gasteiger charge is -2.36. The molecule has 0 saturated carbocycles. The summed E-state index contributed by atoms with van der Waals surface area (Å²) in [5, 5.41) is 0. The van der Waals surface area contributed by atoms with E-state index in [4.69, 9.17) is 9.47 Å². The molecule has 0 amide bonds. The fourth-order valence-electron chi connectivity index (χ4n) is 3.06. The highest BCUT2D eigenvalue weighted by Crippen LogP contribution is 2.26. The van der Waals surface area contributed by atoms with Gasteiger partial charge in [0, 0.05) is 44.0 Å². The van der Waals surface area contributed by atoms with Crippen molar-refractivity contribution >= 4 is 5.69 Å². The Kier molecular flexibility index (Phi) is 5.20. The van der Waals surface area contributed by atoms with Gasteiger partial charge in [0.25, 0.3) is 0 Å². The summed E-state index contributed by atoms with van der Waals surface area (Å²) in [5.41, 5.74) is 2.21. The van der Waals surface area contributed by atoms with Gasteiger partial charge < -0.3 is 14.4 Å². The average Bonchev–Trinajstić information content (AvgIpc) is 2.63. The Hall–Kier alpha value is -2.27. The maximum absolute atomic E-state index is 13.0. The smallest absolute Gasteiger partial charge is 0.123 e. The van der Waals surface area contributed by atoms with Crippen LogP contribution in [0.3, 0.4) is 0 Å². The van der Waals surface area contributed by atoms with Gasteiger partial charge in [-0.3, -0.25) is 4.90 Å². The summed E-state index contributed by atoms with van der Waals surface area (Å²) in [7, 11) is 3.37. The molecule has 2 aromatic carbocycles. The van der Waals surface area contributed by atoms with Crippen molar-refractivity contribution in [1.82, 2.24) is 4.90 Å². The van der Waals surface area contributed by atoms with E-state index >= 15 is 0 Å². The highest BCUT2D eigenvalue weighted by atomic mass is 19.1. The number of anilines is 1. The molecule has 1 heterocycles. The van der Waals surface area contributed by atoms with Crippen LogP contribution in [0, 0.1) is 5.82 Å². The van der Waals surface area contributed by atoms with Crippen molar-refractivity contribution in [3.63, 3.8) is 0 Å². The van der Waals surface area contributed by atoms with Gasteiger partial charge in [-0.05, 0) is 42.5 Å². The van der Waals surface area contributed by atoms with Crippen molar-refractivity contribution in [2.75, 3.05) is 45.3 Å². The predicted octanol–water partition coefficient (Wildman–Crippen LogP) is 3.17. The Morgan fingerprint density at radius 3 is 2.25 bits per heavy atom. The molecule has 0 unspecified atom stereocenters. The number of hydrogen-bond acceptors (Lipinski definition) is 4. The molecule has 1 aliphatic heterocycles. The second-order valence-corrected chi connectivity index (χ2v) is 5.92. The zero-order chi connectivity index (χ0) is 16.9. The molecule has 5 heteroatoms. The van der Waals surface area contributed by atoms with Gasteiger partial charge in [0.2, 0.25) is 0 Å². The van der Waals surface area contributed by atoms with Gasteiger partial charge in [0.05, 0.1) is 14.2 Å². The molecule has 0 aromatic heterocycles. The number of halogens is 1. The van der Waals surface area contributed by atoms with Gasteiger partial charge in [-0.15, -0.1) is 0 Å². The Bertz CT molecular complexity index is 668. The van der Waals surface area contributed by atoms with Crippen LogP contribution in [0.15, 0.2) is 42.5 Å². The number of ether oxygens (including phenoxy) is 2. The molecule has 3 rings (SSSR count). The number of benzene rings is 2. The molecule has 128 valence electrons. The van der Waals surface area contributed by atoms with Crippen LogP contribution in [-0.4, -0.2) is 45.3 Å². The van der Waals surface area contributed by atoms with Crippen LogP contribution in [0.5, 0.6) is 11.5 Å². The molecule has 0 bridgehead atoms. The summed E-state index contributed by atoms with van der Waals surface area (Å²) in [6.07, 6.45) is 0. The number of hydrogen-bond donors (Lipinski definition) is 0. The number of nitrogens with zero attached hydrogens (tertiary/aromatic N) is 2. The van der Waals surface area contributed by atoms with E-state index in [1.165, 1.54) is 12.1 Å². The zero-order valence-electron chi connectivity index (χ0n) is 14.2. The molecule has 1 fully saturated rings. The third-order valence-electron chi connectivity index (χ3n) is 4.45. The van der Waals surface area contributed by atoms with Crippen molar-refractivity contribution in [2.24, 2.45) is 0 Å². The highest BCUT2D eigenvalue weighted by Gasteiger charge is 2.19. The minimum absolute atomic E-state index is 0.192. The molecule has 0 N–H and O–H groups in total. The third kappa shape index (κ3) is 3.79. The van der Waals surface area contributed by atoms with Crippen molar-refractivity contribution in [2.45, 2.75) is 6.54 Å². The lowest BCUT2D eigenvalue weighted by atomic mass is 10.1. The third-order valence-corrected chi connectivity index (χ3v) is 4.45. The van der Waals surface area contributed by atoms with Crippen molar-refractivity contribution in [3.8, 4) is 11.5 Å². The van der Waals surface area contributed by atoms with Gasteiger partial charge in [0.1, 0.15) is 17.3 Å². The first kappa shape index (κ1) is 16.6. The van der Waals surface area contributed by atoms with E-state index in [9.17, 15) is 4.39 Å². The average molecular weight is 330 g/mol. The fourth-order valence-corrected chi connectivity index (χ4v) is 3.06. The molecule has 24 heavy (non-hydrogen) atoms. The second-order valence-electron chi connectivity index (χ2n) is 5.92. The topological polar surface area (TPSA) is 24.9 Å². The maximum Gasteiger partial charge on any atom is 0.123 e. The van der Waals surface area contributed by atoms with Crippen LogP contribution in [-0.2, 0) is 6.54 Å². The number of methoxy groups -OCH3 is 2. The largest absolute Gasteiger partial charge is 0.497 e. The van der Waals surface area contributed by atoms with Crippen molar-refractivity contribution < 1.29 is 13.9 Å². The van der Waals surface area contributed by atoms with E-state index in [2.05, 4.69) is 9.80 Å². The van der Waals surface area contributed by atoms with Crippen molar-refractivity contribution in [3.05, 3.63) is 53.8 Å². The van der Waals surface area contributed by atoms with E-state index in [-0.39, 0.29) is 5.82 Å². The molecule has 4 nitrogen and oxygen atoms in total. The highest BCUT2D eigenvalue weighted by molar-refractivity contribution is 5.47. The van der Waals surface area contributed by atoms with Gasteiger partial charge in [-0.1, -0.05) is 0 Å². The van der Waals surface area contributed by atoms with Gasteiger partial charge >= 0.3 is 0 Å². The molecular weight excluding hydrogens is 307 g/mol. The van der Waals surface area contributed by atoms with Crippen LogP contribution >= 0.6 is 0 Å². The summed E-state index contributed by atoms with van der Waals surface area (Å²) in [4.78, 5) is 4.69. The molecule has 1 saturated heterocycles. The Morgan fingerprint density at radius 2 is 1.62 bits per heavy atom. The van der Waals surface area contributed by atoms with E-state index in [0.29, 0.717) is 0 Å². The van der Waals surface area contributed by atoms with Gasteiger partial charge in [0.15, 0.2) is 0 Å². The standard InChI is InChI=1S/C19H23FN2O2/c1-23-18-7-8-19(24-2)15(13-18)14-21-9-11-22(12-10-21)17-5-3-16(20)4-6-17/h3-8,13H,9-12,14H2,1-2H3. The lowest BCUT2D eigenvalue weighted by molar-refractivity contribution is 0.245. The molecule has 1 aliphatic rings. The summed E-state index contributed by atoms with van der Waals surface area (Å²) in [6, 6.07) is 12.6. The van der Waals surface area contributed by atoms with E-state index in [1.807, 2.05) is 30.3 Å². The van der Waals surface area contributed by atoms with E-state index < -0.39 is 0 Å². The predicted molar refractivity (Wildman–Crippen MR) is 93.4 cm³/mol. The summed E-state index contributed by atoms with van der Waals surface area (Å²) < 4.78 is 23.8. The summed E-state index contributed by atoms with van der Waals surface area (Å²) >= 11 is 0. The molecule has 2 aromatic rings. The monoisotopic (exact) mass is 330 g/mol. The quantitative estimate of drug-likeness (QED) is 0.841. The van der Waals surface area contributed by atoms with Crippen LogP contribution in [0.1, 0.15) is 5.56 Å². The first-order valence-corrected chi connectivity index (χ1v) is 8.13. The summed E-state index contributed by atoms with van der Waals surface area (Å²) in [6.45, 7) is 4.60. The van der Waals surface area contributed by atoms with Gasteiger partial charge in [-0.25, -0.2) is 4.39 Å². The number of rotatable bonds is 5. The first-order chi connectivity index (χ1) is 11.7. The minimum Gasteiger partial charge on any atom is -0.497 e. The second kappa shape index (κ2) is 7.53. The Labute approximate surface area is 142 Å². The molecule has 0 atom stereocenters. The minimum atomic E-state index is -0.192. The van der Waals surface area contributed by atoms with Gasteiger partial charge in [-0.2, -0.15) is 0 Å². The van der Waals surface area contributed by atoms with E-state index in [0.717, 1.165) is 55.5 Å². The maximum atomic E-state index is 13.0. The SMILES string of the molecule is COc1ccc(OC)c(CN2CCN(c3ccc(F)cc3)CC2)c1.